The zero-order valence-corrected chi connectivity index (χ0v) is 11.4. The first-order valence-electron chi connectivity index (χ1n) is 6.88. The number of carbonyl (C=O) groups is 1. The predicted octanol–water partition coefficient (Wildman–Crippen LogP) is 1.07. The van der Waals surface area contributed by atoms with Crippen LogP contribution >= 0.6 is 0 Å². The molecule has 104 valence electrons. The number of carbonyl (C=O) groups excluding carboxylic acids is 1. The van der Waals surface area contributed by atoms with Gasteiger partial charge < -0.3 is 15.3 Å². The van der Waals surface area contributed by atoms with Gasteiger partial charge in [0, 0.05) is 32.6 Å². The van der Waals surface area contributed by atoms with Gasteiger partial charge in [-0.1, -0.05) is 24.3 Å². The molecule has 1 aliphatic rings. The van der Waals surface area contributed by atoms with Crippen molar-refractivity contribution in [2.45, 2.75) is 32.4 Å². The molecule has 1 atom stereocenters. The molecule has 0 aromatic heterocycles. The summed E-state index contributed by atoms with van der Waals surface area (Å²) in [6.45, 7) is 4.57. The molecule has 0 radical (unpaired) electrons. The minimum atomic E-state index is -0.494. The van der Waals surface area contributed by atoms with E-state index in [1.54, 1.807) is 4.90 Å². The number of benzene rings is 1. The maximum absolute atomic E-state index is 11.4. The Morgan fingerprint density at radius 3 is 2.89 bits per heavy atom. The Kier molecular flexibility index (Phi) is 4.93. The van der Waals surface area contributed by atoms with Crippen molar-refractivity contribution in [2.24, 2.45) is 0 Å². The molecule has 1 heterocycles. The Balaban J connectivity index is 1.70. The van der Waals surface area contributed by atoms with Gasteiger partial charge in [-0.25, -0.2) is 0 Å². The van der Waals surface area contributed by atoms with Crippen LogP contribution in [0.25, 0.3) is 0 Å². The van der Waals surface area contributed by atoms with Crippen LogP contribution in [0.5, 0.6) is 0 Å². The molecule has 0 spiro atoms. The second-order valence-electron chi connectivity index (χ2n) is 5.15. The van der Waals surface area contributed by atoms with E-state index in [0.29, 0.717) is 19.5 Å². The third kappa shape index (κ3) is 4.04. The van der Waals surface area contributed by atoms with E-state index in [2.05, 4.69) is 24.4 Å². The average molecular weight is 262 g/mol. The molecular weight excluding hydrogens is 240 g/mol. The molecule has 4 heteroatoms. The molecule has 2 rings (SSSR count). The smallest absolute Gasteiger partial charge is 0.222 e. The monoisotopic (exact) mass is 262 g/mol. The van der Waals surface area contributed by atoms with E-state index < -0.39 is 6.10 Å². The Morgan fingerprint density at radius 2 is 2.21 bits per heavy atom. The van der Waals surface area contributed by atoms with Crippen LogP contribution < -0.4 is 5.32 Å². The highest BCUT2D eigenvalue weighted by atomic mass is 16.3. The molecule has 0 aliphatic carbocycles. The summed E-state index contributed by atoms with van der Waals surface area (Å²) in [7, 11) is 0. The third-order valence-electron chi connectivity index (χ3n) is 3.56. The topological polar surface area (TPSA) is 52.6 Å². The summed E-state index contributed by atoms with van der Waals surface area (Å²) in [5, 5.41) is 13.2. The van der Waals surface area contributed by atoms with Gasteiger partial charge in [0.2, 0.25) is 5.91 Å². The largest absolute Gasteiger partial charge is 0.390 e. The fourth-order valence-electron chi connectivity index (χ4n) is 2.40. The quantitative estimate of drug-likeness (QED) is 0.806. The lowest BCUT2D eigenvalue weighted by Gasteiger charge is -2.20. The van der Waals surface area contributed by atoms with Crippen LogP contribution in [-0.4, -0.2) is 41.7 Å². The van der Waals surface area contributed by atoms with Crippen molar-refractivity contribution in [3.8, 4) is 0 Å². The fourth-order valence-corrected chi connectivity index (χ4v) is 2.40. The predicted molar refractivity (Wildman–Crippen MR) is 74.7 cm³/mol. The van der Waals surface area contributed by atoms with Crippen molar-refractivity contribution in [2.75, 3.05) is 19.6 Å². The Bertz CT molecular complexity index is 434. The summed E-state index contributed by atoms with van der Waals surface area (Å²) in [6, 6.07) is 8.20. The molecule has 1 aliphatic heterocycles. The molecule has 0 unspecified atom stereocenters. The van der Waals surface area contributed by atoms with Gasteiger partial charge in [-0.2, -0.15) is 0 Å². The number of nitrogens with zero attached hydrogens (tertiary/aromatic N) is 1. The molecule has 1 aromatic carbocycles. The van der Waals surface area contributed by atoms with Crippen molar-refractivity contribution in [3.63, 3.8) is 0 Å². The fraction of sp³-hybridized carbons (Fsp3) is 0.533. The second-order valence-corrected chi connectivity index (χ2v) is 5.15. The third-order valence-corrected chi connectivity index (χ3v) is 3.56. The molecule has 1 saturated heterocycles. The van der Waals surface area contributed by atoms with Gasteiger partial charge in [0.05, 0.1) is 6.10 Å². The summed E-state index contributed by atoms with van der Waals surface area (Å²) < 4.78 is 0. The highest BCUT2D eigenvalue weighted by Crippen LogP contribution is 2.10. The summed E-state index contributed by atoms with van der Waals surface area (Å²) in [6.07, 6.45) is 1.05. The van der Waals surface area contributed by atoms with Gasteiger partial charge in [-0.05, 0) is 24.5 Å². The number of rotatable bonds is 6. The van der Waals surface area contributed by atoms with Gasteiger partial charge in [-0.3, -0.25) is 4.79 Å². The normalized spacial score (nSPS) is 16.9. The molecule has 1 amide bonds. The lowest BCUT2D eigenvalue weighted by molar-refractivity contribution is -0.128. The number of aryl methyl sites for hydroxylation is 1. The van der Waals surface area contributed by atoms with E-state index in [4.69, 9.17) is 0 Å². The number of aliphatic hydroxyl groups is 1. The van der Waals surface area contributed by atoms with Crippen LogP contribution in [0.3, 0.4) is 0 Å². The Hall–Kier alpha value is -1.39. The molecule has 0 saturated carbocycles. The average Bonchev–Trinajstić information content (AvgIpc) is 2.77. The zero-order valence-electron chi connectivity index (χ0n) is 11.4. The highest BCUT2D eigenvalue weighted by molar-refractivity contribution is 5.78. The molecule has 4 nitrogen and oxygen atoms in total. The van der Waals surface area contributed by atoms with E-state index in [-0.39, 0.29) is 5.91 Å². The Labute approximate surface area is 114 Å². The lowest BCUT2D eigenvalue weighted by atomic mass is 10.1. The summed E-state index contributed by atoms with van der Waals surface area (Å²) in [5.41, 5.74) is 2.49. The van der Waals surface area contributed by atoms with Crippen LogP contribution in [-0.2, 0) is 11.3 Å². The SMILES string of the molecule is Cc1ccccc1CNC[C@@H](O)CN1CCCC1=O. The van der Waals surface area contributed by atoms with Crippen LogP contribution in [0.2, 0.25) is 0 Å². The van der Waals surface area contributed by atoms with Crippen LogP contribution in [0.15, 0.2) is 24.3 Å². The van der Waals surface area contributed by atoms with Crippen molar-refractivity contribution in [1.82, 2.24) is 10.2 Å². The summed E-state index contributed by atoms with van der Waals surface area (Å²) in [4.78, 5) is 13.2. The van der Waals surface area contributed by atoms with Crippen LogP contribution in [0.1, 0.15) is 24.0 Å². The number of hydrogen-bond acceptors (Lipinski definition) is 3. The number of likely N-dealkylation sites (tertiary alicyclic amines) is 1. The molecular formula is C15H22N2O2. The van der Waals surface area contributed by atoms with Crippen molar-refractivity contribution >= 4 is 5.91 Å². The summed E-state index contributed by atoms with van der Waals surface area (Å²) in [5.74, 6) is 0.165. The minimum Gasteiger partial charge on any atom is -0.390 e. The number of amides is 1. The van der Waals surface area contributed by atoms with Crippen molar-refractivity contribution < 1.29 is 9.90 Å². The van der Waals surface area contributed by atoms with E-state index in [9.17, 15) is 9.90 Å². The van der Waals surface area contributed by atoms with Gasteiger partial charge in [0.25, 0.3) is 0 Å². The number of hydrogen-bond donors (Lipinski definition) is 2. The molecule has 1 aromatic rings. The maximum Gasteiger partial charge on any atom is 0.222 e. The van der Waals surface area contributed by atoms with Gasteiger partial charge >= 0.3 is 0 Å². The first kappa shape index (κ1) is 14.0. The molecule has 0 bridgehead atoms. The van der Waals surface area contributed by atoms with E-state index in [0.717, 1.165) is 19.5 Å². The maximum atomic E-state index is 11.4. The second kappa shape index (κ2) is 6.68. The minimum absolute atomic E-state index is 0.165. The standard InChI is InChI=1S/C15H22N2O2/c1-12-5-2-3-6-13(12)9-16-10-14(18)11-17-8-4-7-15(17)19/h2-3,5-6,14,16,18H,4,7-11H2,1H3/t14-/m1/s1. The first-order valence-corrected chi connectivity index (χ1v) is 6.88. The Morgan fingerprint density at radius 1 is 1.42 bits per heavy atom. The molecule has 19 heavy (non-hydrogen) atoms. The van der Waals surface area contributed by atoms with E-state index in [1.165, 1.54) is 11.1 Å². The van der Waals surface area contributed by atoms with Gasteiger partial charge in [0.15, 0.2) is 0 Å². The van der Waals surface area contributed by atoms with Crippen molar-refractivity contribution in [3.05, 3.63) is 35.4 Å². The summed E-state index contributed by atoms with van der Waals surface area (Å²) >= 11 is 0. The number of aliphatic hydroxyl groups excluding tert-OH is 1. The zero-order chi connectivity index (χ0) is 13.7. The number of β-amino-alcohol motifs (C(OH)–C–C–N with tert-alkyl or cyclic N) is 1. The van der Waals surface area contributed by atoms with Crippen LogP contribution in [0.4, 0.5) is 0 Å². The van der Waals surface area contributed by atoms with E-state index in [1.807, 2.05) is 12.1 Å². The highest BCUT2D eigenvalue weighted by Gasteiger charge is 2.22. The van der Waals surface area contributed by atoms with Crippen LogP contribution in [0, 0.1) is 6.92 Å². The molecule has 2 N–H and O–H groups in total. The van der Waals surface area contributed by atoms with Crippen molar-refractivity contribution in [1.29, 1.82) is 0 Å². The van der Waals surface area contributed by atoms with Gasteiger partial charge in [0.1, 0.15) is 0 Å². The van der Waals surface area contributed by atoms with E-state index >= 15 is 0 Å². The molecule has 1 fully saturated rings. The van der Waals surface area contributed by atoms with Gasteiger partial charge in [-0.15, -0.1) is 0 Å². The number of nitrogens with one attached hydrogen (secondary N) is 1. The lowest BCUT2D eigenvalue weighted by Crippen LogP contribution is -2.38. The first-order chi connectivity index (χ1) is 9.16.